The van der Waals surface area contributed by atoms with Crippen LogP contribution < -0.4 is 9.47 Å². The zero-order chi connectivity index (χ0) is 20.0. The first-order valence-electron chi connectivity index (χ1n) is 9.70. The smallest absolute Gasteiger partial charge is 0.214 e. The van der Waals surface area contributed by atoms with Gasteiger partial charge in [-0.25, -0.2) is 5.01 Å². The van der Waals surface area contributed by atoms with Crippen LogP contribution in [-0.4, -0.2) is 22.9 Å². The van der Waals surface area contributed by atoms with Crippen LogP contribution in [0.25, 0.3) is 0 Å². The fraction of sp³-hybridized carbons (Fsp3) is 0.208. The summed E-state index contributed by atoms with van der Waals surface area (Å²) in [6.45, 7) is 2.08. The molecule has 2 aliphatic rings. The average Bonchev–Trinajstić information content (AvgIpc) is 3.19. The van der Waals surface area contributed by atoms with Gasteiger partial charge < -0.3 is 14.6 Å². The second kappa shape index (κ2) is 6.85. The minimum absolute atomic E-state index is 0.00747. The van der Waals surface area contributed by atoms with Gasteiger partial charge in [-0.2, -0.15) is 5.10 Å². The lowest BCUT2D eigenvalue weighted by Gasteiger charge is -2.39. The maximum Gasteiger partial charge on any atom is 0.214 e. The zero-order valence-corrected chi connectivity index (χ0v) is 16.4. The van der Waals surface area contributed by atoms with Gasteiger partial charge in [0.05, 0.1) is 18.9 Å². The number of hydrazone groups is 1. The number of aromatic hydroxyl groups is 1. The monoisotopic (exact) mass is 386 g/mol. The van der Waals surface area contributed by atoms with E-state index in [1.54, 1.807) is 13.2 Å². The van der Waals surface area contributed by atoms with E-state index in [2.05, 4.69) is 25.1 Å². The molecule has 2 aliphatic heterocycles. The number of phenolic OH excluding ortho intramolecular Hbond substituents is 1. The van der Waals surface area contributed by atoms with Crippen LogP contribution in [0.3, 0.4) is 0 Å². The van der Waals surface area contributed by atoms with Crippen LogP contribution in [-0.2, 0) is 0 Å². The number of rotatable bonds is 3. The Morgan fingerprint density at radius 2 is 1.76 bits per heavy atom. The van der Waals surface area contributed by atoms with Gasteiger partial charge in [0, 0.05) is 23.1 Å². The molecule has 0 amide bonds. The zero-order valence-electron chi connectivity index (χ0n) is 16.4. The van der Waals surface area contributed by atoms with Gasteiger partial charge in [0.25, 0.3) is 0 Å². The van der Waals surface area contributed by atoms with Gasteiger partial charge >= 0.3 is 0 Å². The van der Waals surface area contributed by atoms with E-state index in [1.807, 2.05) is 47.5 Å². The molecular weight excluding hydrogens is 364 g/mol. The van der Waals surface area contributed by atoms with Gasteiger partial charge in [-0.15, -0.1) is 0 Å². The lowest BCUT2D eigenvalue weighted by Crippen LogP contribution is -2.34. The molecule has 0 aromatic heterocycles. The number of benzene rings is 3. The highest BCUT2D eigenvalue weighted by Crippen LogP contribution is 2.51. The van der Waals surface area contributed by atoms with E-state index < -0.39 is 0 Å². The van der Waals surface area contributed by atoms with Crippen molar-refractivity contribution < 1.29 is 14.6 Å². The van der Waals surface area contributed by atoms with E-state index in [-0.39, 0.29) is 18.0 Å². The van der Waals surface area contributed by atoms with Gasteiger partial charge in [-0.3, -0.25) is 0 Å². The number of hydrogen-bond donors (Lipinski definition) is 1. The molecule has 5 heteroatoms. The number of fused-ring (bicyclic) bond motifs is 3. The summed E-state index contributed by atoms with van der Waals surface area (Å²) in [5.41, 5.74) is 4.86. The largest absolute Gasteiger partial charge is 0.507 e. The molecule has 0 aliphatic carbocycles. The molecule has 3 aromatic carbocycles. The molecule has 0 unspecified atom stereocenters. The summed E-state index contributed by atoms with van der Waals surface area (Å²) in [6, 6.07) is 21.5. The predicted molar refractivity (Wildman–Crippen MR) is 111 cm³/mol. The summed E-state index contributed by atoms with van der Waals surface area (Å²) < 4.78 is 12.1. The van der Waals surface area contributed by atoms with Gasteiger partial charge in [-0.05, 0) is 30.7 Å². The number of hydrogen-bond acceptors (Lipinski definition) is 5. The summed E-state index contributed by atoms with van der Waals surface area (Å²) in [5, 5.41) is 17.3. The Bertz CT molecular complexity index is 1110. The van der Waals surface area contributed by atoms with Gasteiger partial charge in [-0.1, -0.05) is 48.5 Å². The summed E-state index contributed by atoms with van der Waals surface area (Å²) in [6.07, 6.45) is 0.317. The molecule has 1 N–H and O–H groups in total. The molecule has 0 saturated carbocycles. The highest BCUT2D eigenvalue weighted by atomic mass is 16.5. The fourth-order valence-corrected chi connectivity index (χ4v) is 4.19. The van der Waals surface area contributed by atoms with Crippen molar-refractivity contribution in [1.82, 2.24) is 5.01 Å². The third-order valence-electron chi connectivity index (χ3n) is 5.67. The maximum absolute atomic E-state index is 10.4. The minimum Gasteiger partial charge on any atom is -0.507 e. The summed E-state index contributed by atoms with van der Waals surface area (Å²) in [4.78, 5) is 0. The Morgan fingerprint density at radius 1 is 1.00 bits per heavy atom. The first-order chi connectivity index (χ1) is 14.2. The number of methoxy groups -OCH3 is 1. The van der Waals surface area contributed by atoms with E-state index in [4.69, 9.17) is 14.6 Å². The summed E-state index contributed by atoms with van der Waals surface area (Å²) in [7, 11) is 1.66. The Hall–Kier alpha value is -3.47. The number of ether oxygens (including phenoxy) is 2. The van der Waals surface area contributed by atoms with Crippen LogP contribution in [0.4, 0.5) is 0 Å². The SMILES string of the molecule is COc1cccc2c1O[C@H](c1ccccc1C)N1N=C(c3ccccc3O)C[C@H]21. The summed E-state index contributed by atoms with van der Waals surface area (Å²) in [5.74, 6) is 1.72. The van der Waals surface area contributed by atoms with Crippen molar-refractivity contribution in [3.63, 3.8) is 0 Å². The van der Waals surface area contributed by atoms with Crippen molar-refractivity contribution in [2.24, 2.45) is 5.10 Å². The second-order valence-electron chi connectivity index (χ2n) is 7.37. The number of aryl methyl sites for hydroxylation is 1. The highest BCUT2D eigenvalue weighted by Gasteiger charge is 2.42. The molecule has 2 heterocycles. The van der Waals surface area contributed by atoms with Crippen LogP contribution in [0.15, 0.2) is 71.8 Å². The topological polar surface area (TPSA) is 54.3 Å². The molecule has 0 spiro atoms. The first kappa shape index (κ1) is 17.6. The fourth-order valence-electron chi connectivity index (χ4n) is 4.19. The molecule has 5 nitrogen and oxygen atoms in total. The van der Waals surface area contributed by atoms with Crippen molar-refractivity contribution in [3.8, 4) is 17.2 Å². The number of para-hydroxylation sites is 2. The number of phenols is 1. The molecule has 146 valence electrons. The Labute approximate surface area is 169 Å². The third-order valence-corrected chi connectivity index (χ3v) is 5.67. The van der Waals surface area contributed by atoms with Gasteiger partial charge in [0.1, 0.15) is 5.75 Å². The minimum atomic E-state index is -0.367. The Balaban J connectivity index is 1.66. The van der Waals surface area contributed by atoms with E-state index in [1.165, 1.54) is 0 Å². The first-order valence-corrected chi connectivity index (χ1v) is 9.70. The van der Waals surface area contributed by atoms with Crippen LogP contribution in [0.5, 0.6) is 17.2 Å². The standard InChI is InChI=1S/C24H22N2O3/c1-15-8-3-4-9-16(15)24-26-20(18-11-7-13-22(28-2)23(18)29-24)14-19(25-26)17-10-5-6-12-21(17)27/h3-13,20,24,27H,14H2,1-2H3/t20-,24-/m1/s1. The molecule has 3 aromatic rings. The van der Waals surface area contributed by atoms with Crippen LogP contribution >= 0.6 is 0 Å². The average molecular weight is 386 g/mol. The molecule has 0 fully saturated rings. The predicted octanol–water partition coefficient (Wildman–Crippen LogP) is 4.95. The third kappa shape index (κ3) is 2.81. The van der Waals surface area contributed by atoms with Crippen molar-refractivity contribution >= 4 is 5.71 Å². The Morgan fingerprint density at radius 3 is 2.55 bits per heavy atom. The normalized spacial score (nSPS) is 19.8. The van der Waals surface area contributed by atoms with Crippen LogP contribution in [0.1, 0.15) is 40.9 Å². The van der Waals surface area contributed by atoms with Crippen molar-refractivity contribution in [3.05, 3.63) is 89.0 Å². The molecule has 0 radical (unpaired) electrons. The Kier molecular flexibility index (Phi) is 4.16. The molecule has 2 atom stereocenters. The van der Waals surface area contributed by atoms with E-state index >= 15 is 0 Å². The molecule has 0 bridgehead atoms. The molecule has 29 heavy (non-hydrogen) atoms. The van der Waals surface area contributed by atoms with E-state index in [9.17, 15) is 5.11 Å². The molecular formula is C24H22N2O3. The van der Waals surface area contributed by atoms with Crippen LogP contribution in [0.2, 0.25) is 0 Å². The van der Waals surface area contributed by atoms with Crippen molar-refractivity contribution in [2.45, 2.75) is 25.6 Å². The van der Waals surface area contributed by atoms with Crippen molar-refractivity contribution in [2.75, 3.05) is 7.11 Å². The van der Waals surface area contributed by atoms with E-state index in [0.29, 0.717) is 6.42 Å². The molecule has 0 saturated heterocycles. The summed E-state index contributed by atoms with van der Waals surface area (Å²) >= 11 is 0. The van der Waals surface area contributed by atoms with Gasteiger partial charge in [0.15, 0.2) is 11.5 Å². The van der Waals surface area contributed by atoms with Gasteiger partial charge in [0.2, 0.25) is 6.23 Å². The van der Waals surface area contributed by atoms with Crippen molar-refractivity contribution in [1.29, 1.82) is 0 Å². The quantitative estimate of drug-likeness (QED) is 0.692. The lowest BCUT2D eigenvalue weighted by molar-refractivity contribution is -0.0212. The maximum atomic E-state index is 10.4. The molecule has 5 rings (SSSR count). The second-order valence-corrected chi connectivity index (χ2v) is 7.37. The van der Waals surface area contributed by atoms with Crippen LogP contribution in [0, 0.1) is 6.92 Å². The highest BCUT2D eigenvalue weighted by molar-refractivity contribution is 6.04. The number of nitrogens with zero attached hydrogens (tertiary/aromatic N) is 2. The van der Waals surface area contributed by atoms with E-state index in [0.717, 1.165) is 39.5 Å². The lowest BCUT2D eigenvalue weighted by atomic mass is 9.94.